The van der Waals surface area contributed by atoms with E-state index < -0.39 is 0 Å². The van der Waals surface area contributed by atoms with Crippen molar-refractivity contribution in [2.75, 3.05) is 17.2 Å². The summed E-state index contributed by atoms with van der Waals surface area (Å²) in [4.78, 5) is 33.8. The number of pyridine rings is 1. The second kappa shape index (κ2) is 8.38. The van der Waals surface area contributed by atoms with Crippen molar-refractivity contribution in [2.24, 2.45) is 0 Å². The number of thiophene rings is 1. The van der Waals surface area contributed by atoms with Crippen molar-refractivity contribution < 1.29 is 14.3 Å². The maximum atomic E-state index is 12.7. The van der Waals surface area contributed by atoms with E-state index in [1.807, 2.05) is 25.1 Å². The van der Waals surface area contributed by atoms with Gasteiger partial charge in [-0.2, -0.15) is 0 Å². The molecule has 2 N–H and O–H groups in total. The molecule has 3 heterocycles. The molecule has 4 aromatic rings. The fourth-order valence-electron chi connectivity index (χ4n) is 2.65. The molecule has 4 rings (SSSR count). The van der Waals surface area contributed by atoms with E-state index in [9.17, 15) is 9.59 Å². The van der Waals surface area contributed by atoms with Crippen molar-refractivity contribution in [1.29, 1.82) is 0 Å². The van der Waals surface area contributed by atoms with Crippen LogP contribution in [-0.4, -0.2) is 28.4 Å². The van der Waals surface area contributed by atoms with E-state index in [1.165, 1.54) is 22.7 Å². The number of ether oxygens (including phenoxy) is 1. The van der Waals surface area contributed by atoms with Crippen LogP contribution in [0.15, 0.2) is 54.2 Å². The molecular weight excluding hydrogens is 408 g/mol. The number of carbonyl (C=O) groups excluding carboxylic acids is 2. The molecular formula is C20H16N4O3S2. The minimum atomic E-state index is -0.325. The lowest BCUT2D eigenvalue weighted by Gasteiger charge is -2.06. The normalized spacial score (nSPS) is 10.7. The summed E-state index contributed by atoms with van der Waals surface area (Å²) in [6, 6.07) is 10.5. The van der Waals surface area contributed by atoms with Gasteiger partial charge in [-0.1, -0.05) is 11.3 Å². The lowest BCUT2D eigenvalue weighted by Crippen LogP contribution is -2.16. The molecule has 0 radical (unpaired) electrons. The number of aromatic nitrogens is 2. The molecule has 0 aliphatic carbocycles. The first-order chi connectivity index (χ1) is 14.1. The van der Waals surface area contributed by atoms with Crippen LogP contribution in [0.3, 0.4) is 0 Å². The Morgan fingerprint density at radius 3 is 2.69 bits per heavy atom. The minimum absolute atomic E-state index is 0.303. The van der Waals surface area contributed by atoms with Crippen LogP contribution in [-0.2, 0) is 0 Å². The van der Waals surface area contributed by atoms with E-state index >= 15 is 0 Å². The number of anilines is 2. The summed E-state index contributed by atoms with van der Waals surface area (Å²) in [6.45, 7) is 2.51. The van der Waals surface area contributed by atoms with E-state index in [0.717, 1.165) is 16.0 Å². The molecule has 0 saturated heterocycles. The van der Waals surface area contributed by atoms with Gasteiger partial charge in [0.25, 0.3) is 11.8 Å². The van der Waals surface area contributed by atoms with Crippen LogP contribution in [0.2, 0.25) is 0 Å². The molecule has 0 atom stereocenters. The summed E-state index contributed by atoms with van der Waals surface area (Å²) in [6.07, 6.45) is 3.08. The molecule has 0 fully saturated rings. The van der Waals surface area contributed by atoms with E-state index in [-0.39, 0.29) is 11.8 Å². The average Bonchev–Trinajstić information content (AvgIpc) is 3.35. The van der Waals surface area contributed by atoms with Crippen molar-refractivity contribution >= 4 is 55.5 Å². The van der Waals surface area contributed by atoms with Crippen LogP contribution in [0.5, 0.6) is 5.75 Å². The van der Waals surface area contributed by atoms with Crippen LogP contribution >= 0.6 is 22.7 Å². The van der Waals surface area contributed by atoms with Gasteiger partial charge in [0, 0.05) is 18.0 Å². The predicted molar refractivity (Wildman–Crippen MR) is 115 cm³/mol. The Morgan fingerprint density at radius 2 is 1.90 bits per heavy atom. The third kappa shape index (κ3) is 4.25. The Hall–Kier alpha value is -3.30. The molecule has 1 aromatic carbocycles. The van der Waals surface area contributed by atoms with Crippen molar-refractivity contribution in [2.45, 2.75) is 6.92 Å². The molecule has 9 heteroatoms. The van der Waals surface area contributed by atoms with Gasteiger partial charge in [-0.3, -0.25) is 19.9 Å². The lowest BCUT2D eigenvalue weighted by molar-refractivity contribution is 0.102. The van der Waals surface area contributed by atoms with Crippen LogP contribution in [0.1, 0.15) is 27.0 Å². The van der Waals surface area contributed by atoms with E-state index in [4.69, 9.17) is 4.74 Å². The van der Waals surface area contributed by atoms with Gasteiger partial charge in [-0.25, -0.2) is 4.98 Å². The zero-order valence-electron chi connectivity index (χ0n) is 15.3. The summed E-state index contributed by atoms with van der Waals surface area (Å²) in [5.41, 5.74) is 1.70. The number of carbonyl (C=O) groups is 2. The summed E-state index contributed by atoms with van der Waals surface area (Å²) in [5.74, 6) is 0.137. The lowest BCUT2D eigenvalue weighted by atomic mass is 10.2. The van der Waals surface area contributed by atoms with Crippen molar-refractivity contribution in [3.63, 3.8) is 0 Å². The Bertz CT molecular complexity index is 1170. The molecule has 0 saturated carbocycles. The van der Waals surface area contributed by atoms with Crippen LogP contribution < -0.4 is 15.4 Å². The number of nitrogens with one attached hydrogen (secondary N) is 2. The third-order valence-corrected chi connectivity index (χ3v) is 5.80. The number of rotatable bonds is 6. The number of amides is 2. The van der Waals surface area contributed by atoms with Gasteiger partial charge in [-0.15, -0.1) is 11.3 Å². The molecule has 0 unspecified atom stereocenters. The van der Waals surface area contributed by atoms with Crippen molar-refractivity contribution in [3.05, 3.63) is 64.6 Å². The van der Waals surface area contributed by atoms with Gasteiger partial charge in [0.1, 0.15) is 10.6 Å². The number of thiazole rings is 1. The number of hydrogen-bond acceptors (Lipinski definition) is 7. The van der Waals surface area contributed by atoms with E-state index in [0.29, 0.717) is 27.9 Å². The Kier molecular flexibility index (Phi) is 5.50. The molecule has 0 aliphatic rings. The SMILES string of the molecule is CCOc1ccc2nc(NC(=O)c3sccc3NC(=O)c3ccncc3)sc2c1. The third-order valence-electron chi connectivity index (χ3n) is 3.95. The Morgan fingerprint density at radius 1 is 1.07 bits per heavy atom. The smallest absolute Gasteiger partial charge is 0.269 e. The highest BCUT2D eigenvalue weighted by Gasteiger charge is 2.18. The van der Waals surface area contributed by atoms with Gasteiger partial charge in [-0.05, 0) is 48.7 Å². The fourth-order valence-corrected chi connectivity index (χ4v) is 4.28. The zero-order chi connectivity index (χ0) is 20.2. The molecule has 0 aliphatic heterocycles. The molecule has 146 valence electrons. The largest absolute Gasteiger partial charge is 0.494 e. The van der Waals surface area contributed by atoms with Crippen LogP contribution in [0.25, 0.3) is 10.2 Å². The first-order valence-electron chi connectivity index (χ1n) is 8.77. The second-order valence-electron chi connectivity index (χ2n) is 5.89. The number of benzene rings is 1. The van der Waals surface area contributed by atoms with Crippen molar-refractivity contribution in [3.8, 4) is 5.75 Å². The highest BCUT2D eigenvalue weighted by Crippen LogP contribution is 2.31. The van der Waals surface area contributed by atoms with Crippen LogP contribution in [0, 0.1) is 0 Å². The maximum Gasteiger partial charge on any atom is 0.269 e. The topological polar surface area (TPSA) is 93.2 Å². The van der Waals surface area contributed by atoms with Gasteiger partial charge in [0.15, 0.2) is 5.13 Å². The second-order valence-corrected chi connectivity index (χ2v) is 7.84. The molecule has 7 nitrogen and oxygen atoms in total. The summed E-state index contributed by atoms with van der Waals surface area (Å²) in [7, 11) is 0. The molecule has 3 aromatic heterocycles. The molecule has 29 heavy (non-hydrogen) atoms. The van der Waals surface area contributed by atoms with Gasteiger partial charge >= 0.3 is 0 Å². The maximum absolute atomic E-state index is 12.7. The summed E-state index contributed by atoms with van der Waals surface area (Å²) in [5, 5.41) is 7.82. The van der Waals surface area contributed by atoms with E-state index in [1.54, 1.807) is 36.0 Å². The Labute approximate surface area is 174 Å². The van der Waals surface area contributed by atoms with Gasteiger partial charge < -0.3 is 10.1 Å². The number of hydrogen-bond donors (Lipinski definition) is 2. The number of fused-ring (bicyclic) bond motifs is 1. The van der Waals surface area contributed by atoms with Gasteiger partial charge in [0.05, 0.1) is 22.5 Å². The molecule has 0 bridgehead atoms. The first-order valence-corrected chi connectivity index (χ1v) is 10.5. The molecule has 2 amide bonds. The predicted octanol–water partition coefficient (Wildman–Crippen LogP) is 4.66. The monoisotopic (exact) mass is 424 g/mol. The zero-order valence-corrected chi connectivity index (χ0v) is 17.0. The first kappa shape index (κ1) is 19.0. The summed E-state index contributed by atoms with van der Waals surface area (Å²) >= 11 is 2.61. The van der Waals surface area contributed by atoms with Gasteiger partial charge in [0.2, 0.25) is 0 Å². The molecule has 0 spiro atoms. The minimum Gasteiger partial charge on any atom is -0.494 e. The fraction of sp³-hybridized carbons (Fsp3) is 0.100. The number of nitrogens with zero attached hydrogens (tertiary/aromatic N) is 2. The van der Waals surface area contributed by atoms with Crippen LogP contribution in [0.4, 0.5) is 10.8 Å². The highest BCUT2D eigenvalue weighted by atomic mass is 32.1. The average molecular weight is 425 g/mol. The van der Waals surface area contributed by atoms with Crippen molar-refractivity contribution in [1.82, 2.24) is 9.97 Å². The summed E-state index contributed by atoms with van der Waals surface area (Å²) < 4.78 is 6.42. The highest BCUT2D eigenvalue weighted by molar-refractivity contribution is 7.22. The Balaban J connectivity index is 1.50. The standard InChI is InChI=1S/C20H16N4O3S2/c1-2-27-13-3-4-14-16(11-13)29-20(23-14)24-19(26)17-15(7-10-28-17)22-18(25)12-5-8-21-9-6-12/h3-11H,2H2,1H3,(H,22,25)(H,23,24,26). The quantitative estimate of drug-likeness (QED) is 0.470. The van der Waals surface area contributed by atoms with E-state index in [2.05, 4.69) is 20.6 Å².